The third kappa shape index (κ3) is 3.46. The zero-order valence-electron chi connectivity index (χ0n) is 10.7. The molecule has 2 nitrogen and oxygen atoms in total. The van der Waals surface area contributed by atoms with Crippen molar-refractivity contribution in [1.82, 2.24) is 0 Å². The van der Waals surface area contributed by atoms with Crippen molar-refractivity contribution >= 4 is 11.5 Å². The number of hydrogen-bond donors (Lipinski definition) is 0. The van der Waals surface area contributed by atoms with Gasteiger partial charge in [0.1, 0.15) is 6.10 Å². The molecule has 1 fully saturated rings. The molecule has 0 atom stereocenters. The summed E-state index contributed by atoms with van der Waals surface area (Å²) >= 11 is 0. The van der Waals surface area contributed by atoms with Crippen molar-refractivity contribution in [3.8, 4) is 0 Å². The lowest BCUT2D eigenvalue weighted by Crippen LogP contribution is -2.18. The summed E-state index contributed by atoms with van der Waals surface area (Å²) in [7, 11) is 0. The molecule has 0 unspecified atom stereocenters. The first-order valence-electron chi connectivity index (χ1n) is 6.72. The molecule has 96 valence electrons. The Morgan fingerprint density at radius 2 is 1.67 bits per heavy atom. The molecule has 0 spiro atoms. The largest absolute Gasteiger partial charge is 0.459 e. The van der Waals surface area contributed by atoms with E-state index < -0.39 is 0 Å². The van der Waals surface area contributed by atoms with Gasteiger partial charge in [0.05, 0.1) is 5.57 Å². The first kappa shape index (κ1) is 12.9. The lowest BCUT2D eigenvalue weighted by Gasteiger charge is -2.16. The summed E-state index contributed by atoms with van der Waals surface area (Å²) in [5.74, 6) is -0.270. The highest BCUT2D eigenvalue weighted by Gasteiger charge is 2.18. The van der Waals surface area contributed by atoms with Gasteiger partial charge in [-0.1, -0.05) is 49.8 Å². The predicted molar refractivity (Wildman–Crippen MR) is 73.1 cm³/mol. The van der Waals surface area contributed by atoms with Gasteiger partial charge in [-0.25, -0.2) is 4.79 Å². The van der Waals surface area contributed by atoms with Crippen LogP contribution in [-0.4, -0.2) is 12.1 Å². The maximum atomic E-state index is 12.0. The minimum absolute atomic E-state index is 0.0838. The molecule has 0 heterocycles. The van der Waals surface area contributed by atoms with Crippen LogP contribution in [0.4, 0.5) is 0 Å². The smallest absolute Gasteiger partial charge is 0.338 e. The van der Waals surface area contributed by atoms with Crippen molar-refractivity contribution < 1.29 is 9.53 Å². The fourth-order valence-electron chi connectivity index (χ4n) is 2.34. The quantitative estimate of drug-likeness (QED) is 0.457. The minimum Gasteiger partial charge on any atom is -0.459 e. The summed E-state index contributed by atoms with van der Waals surface area (Å²) in [4.78, 5) is 12.0. The Kier molecular flexibility index (Phi) is 4.57. The molecule has 2 rings (SSSR count). The predicted octanol–water partition coefficient (Wildman–Crippen LogP) is 3.97. The monoisotopic (exact) mass is 244 g/mol. The van der Waals surface area contributed by atoms with E-state index in [9.17, 15) is 4.79 Å². The molecule has 2 heteroatoms. The molecule has 1 aliphatic carbocycles. The van der Waals surface area contributed by atoms with Gasteiger partial charge in [0.25, 0.3) is 0 Å². The maximum Gasteiger partial charge on any atom is 0.338 e. The van der Waals surface area contributed by atoms with Gasteiger partial charge in [0.2, 0.25) is 0 Å². The van der Waals surface area contributed by atoms with Gasteiger partial charge in [-0.3, -0.25) is 0 Å². The summed E-state index contributed by atoms with van der Waals surface area (Å²) < 4.78 is 5.55. The lowest BCUT2D eigenvalue weighted by atomic mass is 10.1. The van der Waals surface area contributed by atoms with Crippen LogP contribution >= 0.6 is 0 Å². The van der Waals surface area contributed by atoms with Crippen LogP contribution in [0, 0.1) is 0 Å². The molecule has 0 bridgehead atoms. The number of carbonyl (C=O) groups is 1. The Balaban J connectivity index is 1.93. The van der Waals surface area contributed by atoms with Crippen molar-refractivity contribution in [1.29, 1.82) is 0 Å². The van der Waals surface area contributed by atoms with E-state index in [0.29, 0.717) is 5.57 Å². The normalized spacial score (nSPS) is 16.9. The molecule has 1 aromatic carbocycles. The topological polar surface area (TPSA) is 26.3 Å². The molecular weight excluding hydrogens is 224 g/mol. The van der Waals surface area contributed by atoms with E-state index in [1.165, 1.54) is 12.8 Å². The average molecular weight is 244 g/mol. The van der Waals surface area contributed by atoms with Gasteiger partial charge in [0, 0.05) is 0 Å². The van der Waals surface area contributed by atoms with E-state index in [0.717, 1.165) is 31.2 Å². The molecule has 1 aromatic rings. The fourth-order valence-corrected chi connectivity index (χ4v) is 2.34. The summed E-state index contributed by atoms with van der Waals surface area (Å²) in [6.07, 6.45) is 6.91. The summed E-state index contributed by atoms with van der Waals surface area (Å²) in [5, 5.41) is 0. The Bertz CT molecular complexity index is 400. The molecule has 0 radical (unpaired) electrons. The van der Waals surface area contributed by atoms with Crippen molar-refractivity contribution in [2.24, 2.45) is 0 Å². The number of esters is 1. The number of benzene rings is 1. The van der Waals surface area contributed by atoms with Crippen molar-refractivity contribution in [3.05, 3.63) is 42.5 Å². The van der Waals surface area contributed by atoms with Crippen LogP contribution in [0.15, 0.2) is 36.9 Å². The third-order valence-electron chi connectivity index (χ3n) is 3.44. The van der Waals surface area contributed by atoms with Crippen LogP contribution in [0.5, 0.6) is 0 Å². The van der Waals surface area contributed by atoms with Crippen molar-refractivity contribution in [3.63, 3.8) is 0 Å². The van der Waals surface area contributed by atoms with E-state index in [4.69, 9.17) is 4.74 Å². The van der Waals surface area contributed by atoms with Gasteiger partial charge in [0.15, 0.2) is 0 Å². The number of carbonyl (C=O) groups excluding carboxylic acids is 1. The van der Waals surface area contributed by atoms with Gasteiger partial charge < -0.3 is 4.74 Å². The molecule has 0 aliphatic heterocycles. The average Bonchev–Trinajstić information content (AvgIpc) is 2.67. The van der Waals surface area contributed by atoms with Crippen molar-refractivity contribution in [2.75, 3.05) is 0 Å². The Morgan fingerprint density at radius 1 is 1.06 bits per heavy atom. The molecule has 0 aromatic heterocycles. The van der Waals surface area contributed by atoms with Crippen LogP contribution < -0.4 is 0 Å². The Morgan fingerprint density at radius 3 is 2.28 bits per heavy atom. The Labute approximate surface area is 109 Å². The summed E-state index contributed by atoms with van der Waals surface area (Å²) in [5.41, 5.74) is 1.30. The van der Waals surface area contributed by atoms with Gasteiger partial charge in [-0.05, 0) is 31.2 Å². The van der Waals surface area contributed by atoms with Gasteiger partial charge >= 0.3 is 5.97 Å². The zero-order valence-corrected chi connectivity index (χ0v) is 10.7. The van der Waals surface area contributed by atoms with E-state index in [1.807, 2.05) is 30.3 Å². The van der Waals surface area contributed by atoms with Crippen LogP contribution in [0.1, 0.15) is 44.1 Å². The maximum absolute atomic E-state index is 12.0. The van der Waals surface area contributed by atoms with Crippen LogP contribution in [-0.2, 0) is 9.53 Å². The molecule has 0 saturated heterocycles. The van der Waals surface area contributed by atoms with E-state index in [1.54, 1.807) is 0 Å². The highest BCUT2D eigenvalue weighted by molar-refractivity contribution is 6.15. The van der Waals surface area contributed by atoms with E-state index in [2.05, 4.69) is 6.58 Å². The Hall–Kier alpha value is -1.57. The second-order valence-electron chi connectivity index (χ2n) is 4.86. The first-order valence-corrected chi connectivity index (χ1v) is 6.72. The summed E-state index contributed by atoms with van der Waals surface area (Å²) in [6, 6.07) is 9.50. The summed E-state index contributed by atoms with van der Waals surface area (Å²) in [6.45, 7) is 3.84. The van der Waals surface area contributed by atoms with Gasteiger partial charge in [-0.15, -0.1) is 0 Å². The van der Waals surface area contributed by atoms with E-state index >= 15 is 0 Å². The molecule has 18 heavy (non-hydrogen) atoms. The highest BCUT2D eigenvalue weighted by atomic mass is 16.5. The second kappa shape index (κ2) is 6.39. The highest BCUT2D eigenvalue weighted by Crippen LogP contribution is 2.22. The standard InChI is InChI=1S/C16H20O2/c1-13(14-9-5-4-6-10-14)16(17)18-15-11-7-2-3-8-12-15/h4-6,9-10,15H,1-3,7-8,11-12H2. The molecule has 1 aliphatic rings. The SMILES string of the molecule is C=C(C(=O)OC1CCCCCC1)c1ccccc1. The fraction of sp³-hybridized carbons (Fsp3) is 0.438. The lowest BCUT2D eigenvalue weighted by molar-refractivity contribution is -0.142. The first-order chi connectivity index (χ1) is 8.77. The zero-order chi connectivity index (χ0) is 12.8. The van der Waals surface area contributed by atoms with Crippen LogP contribution in [0.3, 0.4) is 0 Å². The molecule has 0 amide bonds. The van der Waals surface area contributed by atoms with Crippen molar-refractivity contribution in [2.45, 2.75) is 44.6 Å². The number of ether oxygens (including phenoxy) is 1. The molecular formula is C16H20O2. The number of rotatable bonds is 3. The van der Waals surface area contributed by atoms with Gasteiger partial charge in [-0.2, -0.15) is 0 Å². The second-order valence-corrected chi connectivity index (χ2v) is 4.86. The van der Waals surface area contributed by atoms with E-state index in [-0.39, 0.29) is 12.1 Å². The number of hydrogen-bond acceptors (Lipinski definition) is 2. The molecule has 1 saturated carbocycles. The van der Waals surface area contributed by atoms with Crippen LogP contribution in [0.25, 0.3) is 5.57 Å². The third-order valence-corrected chi connectivity index (χ3v) is 3.44. The minimum atomic E-state index is -0.270. The molecule has 0 N–H and O–H groups in total. The van der Waals surface area contributed by atoms with Crippen LogP contribution in [0.2, 0.25) is 0 Å².